The van der Waals surface area contributed by atoms with Crippen molar-refractivity contribution in [2.45, 2.75) is 26.7 Å². The lowest BCUT2D eigenvalue weighted by molar-refractivity contribution is -0.139. The van der Waals surface area contributed by atoms with E-state index >= 15 is 0 Å². The number of furan rings is 1. The molecule has 100 valence electrons. The second-order valence-electron chi connectivity index (χ2n) is 5.50. The summed E-state index contributed by atoms with van der Waals surface area (Å²) in [4.78, 5) is 15.4. The highest BCUT2D eigenvalue weighted by Gasteiger charge is 2.65. The summed E-state index contributed by atoms with van der Waals surface area (Å²) < 4.78 is 10.5. The van der Waals surface area contributed by atoms with Gasteiger partial charge in [0.15, 0.2) is 5.76 Å². The topological polar surface area (TPSA) is 89.4 Å². The van der Waals surface area contributed by atoms with E-state index in [4.69, 9.17) is 14.0 Å². The largest absolute Gasteiger partial charge is 0.481 e. The molecule has 2 aromatic rings. The highest BCUT2D eigenvalue weighted by atomic mass is 16.5. The molecule has 2 atom stereocenters. The van der Waals surface area contributed by atoms with Gasteiger partial charge < -0.3 is 14.0 Å². The number of hydrogen-bond acceptors (Lipinski definition) is 5. The van der Waals surface area contributed by atoms with Gasteiger partial charge in [0.2, 0.25) is 11.7 Å². The van der Waals surface area contributed by atoms with Crippen LogP contribution in [0.4, 0.5) is 0 Å². The van der Waals surface area contributed by atoms with Crippen LogP contribution in [-0.2, 0) is 4.79 Å². The van der Waals surface area contributed by atoms with Crippen molar-refractivity contribution < 1.29 is 18.8 Å². The van der Waals surface area contributed by atoms with Crippen LogP contribution in [0, 0.1) is 18.3 Å². The zero-order valence-electron chi connectivity index (χ0n) is 10.9. The maximum atomic E-state index is 11.1. The van der Waals surface area contributed by atoms with E-state index in [9.17, 15) is 4.79 Å². The Bertz CT molecular complexity index is 641. The Morgan fingerprint density at radius 1 is 1.47 bits per heavy atom. The van der Waals surface area contributed by atoms with E-state index in [2.05, 4.69) is 10.1 Å². The van der Waals surface area contributed by atoms with Crippen molar-refractivity contribution in [2.75, 3.05) is 0 Å². The highest BCUT2D eigenvalue weighted by molar-refractivity contribution is 5.77. The summed E-state index contributed by atoms with van der Waals surface area (Å²) in [5.41, 5.74) is 0.561. The third-order valence-electron chi connectivity index (χ3n) is 3.87. The molecule has 1 N–H and O–H groups in total. The average molecular weight is 262 g/mol. The highest BCUT2D eigenvalue weighted by Crippen LogP contribution is 2.64. The second kappa shape index (κ2) is 3.69. The molecule has 0 spiro atoms. The van der Waals surface area contributed by atoms with Crippen LogP contribution in [0.2, 0.25) is 0 Å². The Morgan fingerprint density at radius 2 is 2.21 bits per heavy atom. The van der Waals surface area contributed by atoms with Crippen LogP contribution >= 0.6 is 0 Å². The van der Waals surface area contributed by atoms with Crippen LogP contribution in [0.15, 0.2) is 21.3 Å². The lowest BCUT2D eigenvalue weighted by Gasteiger charge is -1.96. The molecule has 0 aromatic carbocycles. The average Bonchev–Trinajstić information content (AvgIpc) is 2.75. The van der Waals surface area contributed by atoms with Gasteiger partial charge in [-0.2, -0.15) is 4.98 Å². The Labute approximate surface area is 109 Å². The molecule has 3 rings (SSSR count). The van der Waals surface area contributed by atoms with Crippen LogP contribution in [0.1, 0.15) is 31.2 Å². The van der Waals surface area contributed by atoms with Crippen molar-refractivity contribution in [1.29, 1.82) is 0 Å². The summed E-state index contributed by atoms with van der Waals surface area (Å²) in [5.74, 6) is -0.253. The van der Waals surface area contributed by atoms with Crippen molar-refractivity contribution >= 4 is 5.97 Å². The van der Waals surface area contributed by atoms with E-state index in [-0.39, 0.29) is 11.3 Å². The molecule has 2 unspecified atom stereocenters. The lowest BCUT2D eigenvalue weighted by atomic mass is 10.1. The third-order valence-corrected chi connectivity index (χ3v) is 3.87. The minimum absolute atomic E-state index is 0.235. The van der Waals surface area contributed by atoms with E-state index in [0.29, 0.717) is 17.5 Å². The van der Waals surface area contributed by atoms with Gasteiger partial charge in [0.1, 0.15) is 0 Å². The normalized spacial score (nSPS) is 24.4. The van der Waals surface area contributed by atoms with Gasteiger partial charge in [-0.05, 0) is 24.0 Å². The van der Waals surface area contributed by atoms with E-state index in [1.54, 1.807) is 6.26 Å². The number of aryl methyl sites for hydroxylation is 1. The number of aliphatic carboxylic acids is 1. The van der Waals surface area contributed by atoms with Crippen molar-refractivity contribution in [3.05, 3.63) is 23.8 Å². The van der Waals surface area contributed by atoms with E-state index in [1.165, 1.54) is 0 Å². The molecule has 6 nitrogen and oxygen atoms in total. The molecule has 0 amide bonds. The van der Waals surface area contributed by atoms with Crippen molar-refractivity contribution in [2.24, 2.45) is 11.3 Å². The Balaban J connectivity index is 1.92. The summed E-state index contributed by atoms with van der Waals surface area (Å²) in [7, 11) is 0. The van der Waals surface area contributed by atoms with Crippen LogP contribution in [0.5, 0.6) is 0 Å². The van der Waals surface area contributed by atoms with Gasteiger partial charge >= 0.3 is 5.97 Å². The zero-order valence-corrected chi connectivity index (χ0v) is 10.9. The molecular weight excluding hydrogens is 248 g/mol. The molecule has 0 bridgehead atoms. The van der Waals surface area contributed by atoms with Crippen molar-refractivity contribution in [3.63, 3.8) is 0 Å². The van der Waals surface area contributed by atoms with Crippen LogP contribution in [0.25, 0.3) is 11.6 Å². The predicted octanol–water partition coefficient (Wildman–Crippen LogP) is 2.46. The Hall–Kier alpha value is -2.11. The van der Waals surface area contributed by atoms with Gasteiger partial charge in [-0.1, -0.05) is 19.0 Å². The van der Waals surface area contributed by atoms with Gasteiger partial charge in [-0.15, -0.1) is 0 Å². The minimum atomic E-state index is -0.830. The molecular formula is C13H14N2O4. The summed E-state index contributed by atoms with van der Waals surface area (Å²) in [6.45, 7) is 5.66. The predicted molar refractivity (Wildman–Crippen MR) is 64.4 cm³/mol. The molecule has 1 saturated carbocycles. The smallest absolute Gasteiger partial charge is 0.307 e. The standard InChI is InChI=1S/C13H14N2O4/c1-6-4-5-18-9(6)10-14-11(19-15-10)7-8(12(16)17)13(7,2)3/h4-5,7-8H,1-3H3,(H,16,17). The number of aromatic nitrogens is 2. The number of nitrogens with zero attached hydrogens (tertiary/aromatic N) is 2. The number of carboxylic acids is 1. The molecule has 1 aliphatic rings. The molecule has 0 radical (unpaired) electrons. The summed E-state index contributed by atoms with van der Waals surface area (Å²) in [5, 5.41) is 13.0. The maximum absolute atomic E-state index is 11.1. The minimum Gasteiger partial charge on any atom is -0.481 e. The quantitative estimate of drug-likeness (QED) is 0.913. The van der Waals surface area contributed by atoms with Crippen LogP contribution in [0.3, 0.4) is 0 Å². The summed E-state index contributed by atoms with van der Waals surface area (Å²) >= 11 is 0. The van der Waals surface area contributed by atoms with E-state index in [1.807, 2.05) is 26.8 Å². The first-order valence-electron chi connectivity index (χ1n) is 6.04. The van der Waals surface area contributed by atoms with Crippen LogP contribution in [-0.4, -0.2) is 21.2 Å². The summed E-state index contributed by atoms with van der Waals surface area (Å²) in [6, 6.07) is 1.81. The molecule has 0 saturated heterocycles. The first kappa shape index (κ1) is 12.0. The van der Waals surface area contributed by atoms with E-state index in [0.717, 1.165) is 5.56 Å². The van der Waals surface area contributed by atoms with Crippen LogP contribution < -0.4 is 0 Å². The summed E-state index contributed by atoms with van der Waals surface area (Å²) in [6.07, 6.45) is 1.56. The molecule has 6 heteroatoms. The SMILES string of the molecule is Cc1ccoc1-c1noc(C2C(C(=O)O)C2(C)C)n1. The third kappa shape index (κ3) is 1.67. The first-order valence-corrected chi connectivity index (χ1v) is 6.04. The van der Waals surface area contributed by atoms with Gasteiger partial charge in [0.25, 0.3) is 0 Å². The molecule has 19 heavy (non-hydrogen) atoms. The van der Waals surface area contributed by atoms with Gasteiger partial charge in [-0.25, -0.2) is 0 Å². The van der Waals surface area contributed by atoms with Crippen molar-refractivity contribution in [1.82, 2.24) is 10.1 Å². The first-order chi connectivity index (χ1) is 8.93. The number of hydrogen-bond donors (Lipinski definition) is 1. The zero-order chi connectivity index (χ0) is 13.8. The number of carboxylic acid groups (broad SMARTS) is 1. The molecule has 2 heterocycles. The van der Waals surface area contributed by atoms with Gasteiger partial charge in [-0.3, -0.25) is 4.79 Å². The monoisotopic (exact) mass is 262 g/mol. The second-order valence-corrected chi connectivity index (χ2v) is 5.50. The lowest BCUT2D eigenvalue weighted by Crippen LogP contribution is -2.03. The fourth-order valence-electron chi connectivity index (χ4n) is 2.62. The molecule has 1 fully saturated rings. The molecule has 0 aliphatic heterocycles. The fourth-order valence-corrected chi connectivity index (χ4v) is 2.62. The maximum Gasteiger partial charge on any atom is 0.307 e. The molecule has 2 aromatic heterocycles. The Kier molecular flexibility index (Phi) is 2.32. The van der Waals surface area contributed by atoms with Crippen molar-refractivity contribution in [3.8, 4) is 11.6 Å². The van der Waals surface area contributed by atoms with Gasteiger partial charge in [0, 0.05) is 0 Å². The Morgan fingerprint density at radius 3 is 2.74 bits per heavy atom. The fraction of sp³-hybridized carbons (Fsp3) is 0.462. The van der Waals surface area contributed by atoms with E-state index < -0.39 is 11.9 Å². The molecule has 1 aliphatic carbocycles. The van der Waals surface area contributed by atoms with Gasteiger partial charge in [0.05, 0.1) is 18.1 Å². The number of rotatable bonds is 3. The number of carbonyl (C=O) groups is 1.